The lowest BCUT2D eigenvalue weighted by atomic mass is 9.99. The fourth-order valence-corrected chi connectivity index (χ4v) is 8.48. The lowest BCUT2D eigenvalue weighted by Crippen LogP contribution is -2.00. The number of fused-ring (bicyclic) bond motifs is 9. The molecular weight excluding hydrogens is 711 g/mol. The zero-order valence-electron chi connectivity index (χ0n) is 31.1. The lowest BCUT2D eigenvalue weighted by molar-refractivity contribution is 0.669. The number of nitrogens with zero attached hydrogens (tertiary/aromatic N) is 3. The molecule has 3 aromatic heterocycles. The molecule has 12 aromatic rings. The highest BCUT2D eigenvalue weighted by atomic mass is 16.3. The van der Waals surface area contributed by atoms with Crippen molar-refractivity contribution in [2.45, 2.75) is 0 Å². The maximum Gasteiger partial charge on any atom is 0.164 e. The lowest BCUT2D eigenvalue weighted by Gasteiger charge is -2.11. The summed E-state index contributed by atoms with van der Waals surface area (Å²) < 4.78 is 12.8. The van der Waals surface area contributed by atoms with Crippen LogP contribution in [0.1, 0.15) is 0 Å². The van der Waals surface area contributed by atoms with Gasteiger partial charge < -0.3 is 8.83 Å². The van der Waals surface area contributed by atoms with Crippen LogP contribution in [0.3, 0.4) is 0 Å². The van der Waals surface area contributed by atoms with E-state index in [2.05, 4.69) is 158 Å². The molecule has 0 unspecified atom stereocenters. The molecule has 3 heterocycles. The van der Waals surface area contributed by atoms with Crippen molar-refractivity contribution in [1.82, 2.24) is 15.0 Å². The van der Waals surface area contributed by atoms with Gasteiger partial charge in [-0.3, -0.25) is 0 Å². The molecule has 0 amide bonds. The van der Waals surface area contributed by atoms with E-state index >= 15 is 0 Å². The summed E-state index contributed by atoms with van der Waals surface area (Å²) in [7, 11) is 0. The maximum atomic E-state index is 6.59. The molecule has 0 N–H and O–H groups in total. The van der Waals surface area contributed by atoms with E-state index < -0.39 is 0 Å². The van der Waals surface area contributed by atoms with Gasteiger partial charge in [-0.15, -0.1) is 0 Å². The Balaban J connectivity index is 1.04. The van der Waals surface area contributed by atoms with Crippen molar-refractivity contribution in [1.29, 1.82) is 0 Å². The van der Waals surface area contributed by atoms with Crippen molar-refractivity contribution in [2.75, 3.05) is 0 Å². The first kappa shape index (κ1) is 32.4. The van der Waals surface area contributed by atoms with Crippen molar-refractivity contribution in [3.05, 3.63) is 188 Å². The Morgan fingerprint density at radius 2 is 0.845 bits per heavy atom. The summed E-state index contributed by atoms with van der Waals surface area (Å²) in [6, 6.07) is 65.2. The van der Waals surface area contributed by atoms with E-state index in [-0.39, 0.29) is 0 Å². The van der Waals surface area contributed by atoms with Crippen LogP contribution < -0.4 is 0 Å². The predicted octanol–water partition coefficient (Wildman–Crippen LogP) is 14.3. The van der Waals surface area contributed by atoms with Crippen LogP contribution in [0.2, 0.25) is 0 Å². The third-order valence-corrected chi connectivity index (χ3v) is 11.3. The Morgan fingerprint density at radius 3 is 1.76 bits per heavy atom. The van der Waals surface area contributed by atoms with Gasteiger partial charge in [-0.25, -0.2) is 15.0 Å². The van der Waals surface area contributed by atoms with E-state index in [0.717, 1.165) is 93.6 Å². The van der Waals surface area contributed by atoms with Gasteiger partial charge in [0, 0.05) is 38.2 Å². The van der Waals surface area contributed by atoms with Crippen molar-refractivity contribution < 1.29 is 8.83 Å². The van der Waals surface area contributed by atoms with Gasteiger partial charge in [0.1, 0.15) is 22.3 Å². The zero-order valence-corrected chi connectivity index (χ0v) is 31.1. The summed E-state index contributed by atoms with van der Waals surface area (Å²) in [5.74, 6) is 1.76. The molecule has 0 aliphatic heterocycles. The van der Waals surface area contributed by atoms with Gasteiger partial charge in [0.25, 0.3) is 0 Å². The average Bonchev–Trinajstić information content (AvgIpc) is 3.87. The second-order valence-electron chi connectivity index (χ2n) is 14.8. The Kier molecular flexibility index (Phi) is 7.16. The van der Waals surface area contributed by atoms with E-state index in [4.69, 9.17) is 23.8 Å². The molecule has 58 heavy (non-hydrogen) atoms. The van der Waals surface area contributed by atoms with E-state index in [9.17, 15) is 0 Å². The summed E-state index contributed by atoms with van der Waals surface area (Å²) in [4.78, 5) is 15.6. The molecule has 0 radical (unpaired) electrons. The third-order valence-electron chi connectivity index (χ3n) is 11.3. The minimum Gasteiger partial charge on any atom is -0.456 e. The minimum atomic E-state index is 0.577. The van der Waals surface area contributed by atoms with Crippen LogP contribution >= 0.6 is 0 Å². The third kappa shape index (κ3) is 5.29. The molecular formula is C53H31N3O2. The summed E-state index contributed by atoms with van der Waals surface area (Å²) in [5.41, 5.74) is 10.5. The van der Waals surface area contributed by atoms with Crippen molar-refractivity contribution >= 4 is 65.4 Å². The summed E-state index contributed by atoms with van der Waals surface area (Å²) in [5, 5.41) is 8.81. The normalized spacial score (nSPS) is 11.8. The van der Waals surface area contributed by atoms with Gasteiger partial charge in [-0.05, 0) is 92.3 Å². The molecule has 0 aliphatic rings. The molecule has 12 rings (SSSR count). The highest BCUT2D eigenvalue weighted by Gasteiger charge is 2.19. The quantitative estimate of drug-likeness (QED) is 0.176. The largest absolute Gasteiger partial charge is 0.456 e. The predicted molar refractivity (Wildman–Crippen MR) is 237 cm³/mol. The van der Waals surface area contributed by atoms with Crippen molar-refractivity contribution in [3.8, 4) is 56.4 Å². The monoisotopic (exact) mass is 741 g/mol. The molecule has 0 atom stereocenters. The summed E-state index contributed by atoms with van der Waals surface area (Å²) >= 11 is 0. The van der Waals surface area contributed by atoms with Gasteiger partial charge in [0.2, 0.25) is 0 Å². The van der Waals surface area contributed by atoms with E-state index in [1.165, 1.54) is 10.8 Å². The number of rotatable bonds is 5. The average molecular weight is 742 g/mol. The first-order valence-corrected chi connectivity index (χ1v) is 19.4. The number of hydrogen-bond donors (Lipinski definition) is 0. The first-order chi connectivity index (χ1) is 28.7. The van der Waals surface area contributed by atoms with Gasteiger partial charge in [0.15, 0.2) is 17.5 Å². The Hall–Kier alpha value is -7.89. The van der Waals surface area contributed by atoms with Gasteiger partial charge >= 0.3 is 0 Å². The van der Waals surface area contributed by atoms with E-state index in [0.29, 0.717) is 17.5 Å². The SMILES string of the molecule is c1ccc(-c2cccc(-c3nc(-c4ccc5c(ccc6oc7ccccc7c65)c4)nc(-c4cccc5oc6cc(-c7ccc8ccccc8c7)ccc6c45)n3)c2)cc1. The topological polar surface area (TPSA) is 65.0 Å². The maximum absolute atomic E-state index is 6.59. The van der Waals surface area contributed by atoms with Crippen LogP contribution in [-0.4, -0.2) is 15.0 Å². The second kappa shape index (κ2) is 12.8. The molecule has 9 aromatic carbocycles. The van der Waals surface area contributed by atoms with E-state index in [1.807, 2.05) is 30.3 Å². The summed E-state index contributed by atoms with van der Waals surface area (Å²) in [6.45, 7) is 0. The molecule has 5 heteroatoms. The van der Waals surface area contributed by atoms with Crippen LogP contribution in [0, 0.1) is 0 Å². The molecule has 0 bridgehead atoms. The number of para-hydroxylation sites is 1. The molecule has 0 fully saturated rings. The number of benzene rings is 9. The summed E-state index contributed by atoms with van der Waals surface area (Å²) in [6.07, 6.45) is 0. The number of hydrogen-bond acceptors (Lipinski definition) is 5. The van der Waals surface area contributed by atoms with Crippen LogP contribution in [0.5, 0.6) is 0 Å². The Labute approximate surface area is 332 Å². The highest BCUT2D eigenvalue weighted by Crippen LogP contribution is 2.40. The van der Waals surface area contributed by atoms with E-state index in [1.54, 1.807) is 0 Å². The fourth-order valence-electron chi connectivity index (χ4n) is 8.48. The van der Waals surface area contributed by atoms with Crippen molar-refractivity contribution in [3.63, 3.8) is 0 Å². The van der Waals surface area contributed by atoms with Crippen LogP contribution in [-0.2, 0) is 0 Å². The standard InChI is InChI=1S/C53H31N3O2/c1-2-10-32(11-3-1)35-14-8-15-39(29-35)51-54-52(40-23-25-41-38(30-40)24-27-47-49(41)42-16-6-7-18-45(42)57-47)56-53(55-51)44-17-9-19-46-50(44)43-26-22-37(31-48(43)58-46)36-21-20-33-12-4-5-13-34(33)28-36/h1-31H. The smallest absolute Gasteiger partial charge is 0.164 e. The minimum absolute atomic E-state index is 0.577. The number of aromatic nitrogens is 3. The fraction of sp³-hybridized carbons (Fsp3) is 0. The molecule has 0 saturated heterocycles. The zero-order chi connectivity index (χ0) is 38.2. The van der Waals surface area contributed by atoms with Crippen LogP contribution in [0.4, 0.5) is 0 Å². The molecule has 270 valence electrons. The van der Waals surface area contributed by atoms with Gasteiger partial charge in [0.05, 0.1) is 0 Å². The molecule has 5 nitrogen and oxygen atoms in total. The van der Waals surface area contributed by atoms with Crippen molar-refractivity contribution in [2.24, 2.45) is 0 Å². The van der Waals surface area contributed by atoms with Gasteiger partial charge in [-0.1, -0.05) is 140 Å². The second-order valence-corrected chi connectivity index (χ2v) is 14.8. The van der Waals surface area contributed by atoms with Gasteiger partial charge in [-0.2, -0.15) is 0 Å². The van der Waals surface area contributed by atoms with Crippen LogP contribution in [0.25, 0.3) is 122 Å². The Morgan fingerprint density at radius 1 is 0.276 bits per heavy atom. The molecule has 0 saturated carbocycles. The van der Waals surface area contributed by atoms with Crippen LogP contribution in [0.15, 0.2) is 197 Å². The molecule has 0 spiro atoms. The molecule has 0 aliphatic carbocycles. The Bertz CT molecular complexity index is 3580. The first-order valence-electron chi connectivity index (χ1n) is 19.4. The number of furan rings is 2. The highest BCUT2D eigenvalue weighted by molar-refractivity contribution is 6.19.